The van der Waals surface area contributed by atoms with Gasteiger partial charge in [0.25, 0.3) is 0 Å². The molecule has 0 amide bonds. The molecule has 0 saturated carbocycles. The summed E-state index contributed by atoms with van der Waals surface area (Å²) in [7, 11) is 0. The van der Waals surface area contributed by atoms with Crippen LogP contribution in [0.5, 0.6) is 0 Å². The molecule has 0 heterocycles. The minimum atomic E-state index is -0.144. The van der Waals surface area contributed by atoms with E-state index in [1.54, 1.807) is 0 Å². The Hall–Kier alpha value is -1.38. The van der Waals surface area contributed by atoms with Gasteiger partial charge >= 0.3 is 11.9 Å². The third kappa shape index (κ3) is 44.7. The molecule has 0 fully saturated rings. The number of carbonyl (C=O) groups excluding carboxylic acids is 2. The number of hydrogen-bond acceptors (Lipinski definition) is 12. The average Bonchev–Trinajstić information content (AvgIpc) is 3.13. The lowest BCUT2D eigenvalue weighted by Gasteiger charge is -2.09. The molecule has 0 unspecified atom stereocenters. The summed E-state index contributed by atoms with van der Waals surface area (Å²) >= 11 is 0. The molecule has 0 bridgehead atoms. The first-order valence-corrected chi connectivity index (χ1v) is 20.1. The molecular formula is C39H76O12. The highest BCUT2D eigenvalue weighted by Gasteiger charge is 2.04. The Balaban J connectivity index is 3.15. The van der Waals surface area contributed by atoms with E-state index in [0.29, 0.717) is 119 Å². The molecule has 0 aliphatic carbocycles. The zero-order valence-corrected chi connectivity index (χ0v) is 32.6. The van der Waals surface area contributed by atoms with Gasteiger partial charge in [0.05, 0.1) is 106 Å². The fourth-order valence-electron chi connectivity index (χ4n) is 4.84. The quantitative estimate of drug-likeness (QED) is 0.0478. The van der Waals surface area contributed by atoms with Crippen molar-refractivity contribution in [3.05, 3.63) is 0 Å². The number of hydrogen-bond donors (Lipinski definition) is 0. The van der Waals surface area contributed by atoms with E-state index in [-0.39, 0.29) is 25.2 Å². The number of unbranched alkanes of at least 4 members (excludes halogenated alkanes) is 13. The lowest BCUT2D eigenvalue weighted by molar-refractivity contribution is -0.146. The van der Waals surface area contributed by atoms with Gasteiger partial charge in [0.2, 0.25) is 0 Å². The van der Waals surface area contributed by atoms with E-state index in [1.165, 1.54) is 70.6 Å². The summed E-state index contributed by atoms with van der Waals surface area (Å²) in [4.78, 5) is 23.5. The zero-order chi connectivity index (χ0) is 37.0. The normalized spacial score (nSPS) is 11.3. The highest BCUT2D eigenvalue weighted by Crippen LogP contribution is 2.11. The number of ether oxygens (including phenoxy) is 10. The number of rotatable bonds is 44. The Kier molecular flexibility index (Phi) is 43.6. The van der Waals surface area contributed by atoms with Gasteiger partial charge in [0, 0.05) is 12.8 Å². The van der Waals surface area contributed by atoms with E-state index >= 15 is 0 Å². The third-order valence-corrected chi connectivity index (χ3v) is 7.80. The molecule has 12 heteroatoms. The van der Waals surface area contributed by atoms with Gasteiger partial charge in [-0.1, -0.05) is 97.3 Å². The average molecular weight is 737 g/mol. The molecule has 304 valence electrons. The molecule has 0 aromatic rings. The van der Waals surface area contributed by atoms with Crippen LogP contribution in [0.4, 0.5) is 0 Å². The Morgan fingerprint density at radius 2 is 0.471 bits per heavy atom. The second-order valence-corrected chi connectivity index (χ2v) is 12.4. The third-order valence-electron chi connectivity index (χ3n) is 7.80. The fraction of sp³-hybridized carbons (Fsp3) is 0.949. The predicted octanol–water partition coefficient (Wildman–Crippen LogP) is 6.88. The predicted molar refractivity (Wildman–Crippen MR) is 198 cm³/mol. The summed E-state index contributed by atoms with van der Waals surface area (Å²) in [6.07, 6.45) is 19.0. The molecular weight excluding hydrogens is 660 g/mol. The van der Waals surface area contributed by atoms with Crippen LogP contribution in [-0.4, -0.2) is 131 Å². The van der Waals surface area contributed by atoms with E-state index in [1.807, 2.05) is 0 Å². The second-order valence-electron chi connectivity index (χ2n) is 12.4. The highest BCUT2D eigenvalue weighted by atomic mass is 16.6. The van der Waals surface area contributed by atoms with E-state index in [9.17, 15) is 9.59 Å². The number of esters is 2. The molecule has 0 atom stereocenters. The first kappa shape index (κ1) is 49.6. The van der Waals surface area contributed by atoms with Gasteiger partial charge in [-0.2, -0.15) is 0 Å². The van der Waals surface area contributed by atoms with Crippen molar-refractivity contribution in [2.75, 3.05) is 119 Å². The van der Waals surface area contributed by atoms with Gasteiger partial charge in [-0.15, -0.1) is 0 Å². The zero-order valence-electron chi connectivity index (χ0n) is 32.6. The summed E-state index contributed by atoms with van der Waals surface area (Å²) in [6.45, 7) is 12.5. The monoisotopic (exact) mass is 737 g/mol. The fourth-order valence-corrected chi connectivity index (χ4v) is 4.84. The van der Waals surface area contributed by atoms with Crippen LogP contribution in [0, 0.1) is 0 Å². The van der Waals surface area contributed by atoms with Crippen molar-refractivity contribution < 1.29 is 57.0 Å². The summed E-state index contributed by atoms with van der Waals surface area (Å²) in [6, 6.07) is 0. The Morgan fingerprint density at radius 3 is 0.706 bits per heavy atom. The van der Waals surface area contributed by atoms with Gasteiger partial charge in [0.15, 0.2) is 0 Å². The SMILES string of the molecule is CCCCCCCCCCCC(=O)OCCOCCOCCOCCOCCOCCOCCOCCOCCOC(=O)CCCCCCCC. The van der Waals surface area contributed by atoms with Crippen LogP contribution in [0.3, 0.4) is 0 Å². The summed E-state index contributed by atoms with van der Waals surface area (Å²) < 4.78 is 54.2. The topological polar surface area (TPSA) is 126 Å². The number of carbonyl (C=O) groups is 2. The van der Waals surface area contributed by atoms with Gasteiger partial charge in [0.1, 0.15) is 13.2 Å². The molecule has 0 saturated heterocycles. The first-order chi connectivity index (χ1) is 25.2. The summed E-state index contributed by atoms with van der Waals surface area (Å²) in [5, 5.41) is 0. The van der Waals surface area contributed by atoms with Crippen molar-refractivity contribution in [1.82, 2.24) is 0 Å². The molecule has 0 spiro atoms. The van der Waals surface area contributed by atoms with Gasteiger partial charge in [-0.05, 0) is 12.8 Å². The first-order valence-electron chi connectivity index (χ1n) is 20.1. The minimum Gasteiger partial charge on any atom is -0.463 e. The summed E-state index contributed by atoms with van der Waals surface area (Å²) in [5.41, 5.74) is 0. The van der Waals surface area contributed by atoms with Crippen molar-refractivity contribution in [3.8, 4) is 0 Å². The van der Waals surface area contributed by atoms with Crippen LogP contribution in [-0.2, 0) is 57.0 Å². The Labute approximate surface area is 310 Å². The standard InChI is InChI=1S/C39H76O12/c1-3-5-7-9-11-12-13-15-17-19-39(41)51-37-35-49-33-31-47-29-27-45-25-23-43-21-20-42-22-24-44-26-28-46-30-32-48-34-36-50-38(40)18-16-14-10-8-6-4-2/h3-37H2,1-2H3. The molecule has 0 aliphatic heterocycles. The van der Waals surface area contributed by atoms with E-state index in [0.717, 1.165) is 25.7 Å². The Morgan fingerprint density at radius 1 is 0.275 bits per heavy atom. The summed E-state index contributed by atoms with van der Waals surface area (Å²) in [5.74, 6) is -0.282. The van der Waals surface area contributed by atoms with Crippen LogP contribution in [0.2, 0.25) is 0 Å². The second kappa shape index (κ2) is 44.8. The molecule has 0 aromatic heterocycles. The molecule has 0 N–H and O–H groups in total. The Bertz CT molecular complexity index is 697. The molecule has 51 heavy (non-hydrogen) atoms. The van der Waals surface area contributed by atoms with Gasteiger partial charge in [-0.3, -0.25) is 9.59 Å². The van der Waals surface area contributed by atoms with E-state index < -0.39 is 0 Å². The van der Waals surface area contributed by atoms with Crippen LogP contribution in [0.25, 0.3) is 0 Å². The lowest BCUT2D eigenvalue weighted by Crippen LogP contribution is -2.15. The van der Waals surface area contributed by atoms with Crippen LogP contribution in [0.1, 0.15) is 123 Å². The van der Waals surface area contributed by atoms with Crippen LogP contribution >= 0.6 is 0 Å². The smallest absolute Gasteiger partial charge is 0.305 e. The van der Waals surface area contributed by atoms with Gasteiger partial charge in [-0.25, -0.2) is 0 Å². The maximum Gasteiger partial charge on any atom is 0.305 e. The van der Waals surface area contributed by atoms with Crippen molar-refractivity contribution in [2.24, 2.45) is 0 Å². The molecule has 12 nitrogen and oxygen atoms in total. The molecule has 0 aromatic carbocycles. The maximum atomic E-state index is 11.8. The van der Waals surface area contributed by atoms with Gasteiger partial charge < -0.3 is 47.4 Å². The van der Waals surface area contributed by atoms with Crippen LogP contribution in [0.15, 0.2) is 0 Å². The molecule has 0 rings (SSSR count). The minimum absolute atomic E-state index is 0.138. The van der Waals surface area contributed by atoms with Crippen molar-refractivity contribution in [2.45, 2.75) is 123 Å². The van der Waals surface area contributed by atoms with E-state index in [2.05, 4.69) is 13.8 Å². The molecule has 0 radical (unpaired) electrons. The largest absolute Gasteiger partial charge is 0.463 e. The van der Waals surface area contributed by atoms with Crippen molar-refractivity contribution >= 4 is 11.9 Å². The highest BCUT2D eigenvalue weighted by molar-refractivity contribution is 5.69. The van der Waals surface area contributed by atoms with Crippen LogP contribution < -0.4 is 0 Å². The maximum absolute atomic E-state index is 11.8. The lowest BCUT2D eigenvalue weighted by atomic mass is 10.1. The van der Waals surface area contributed by atoms with E-state index in [4.69, 9.17) is 47.4 Å². The van der Waals surface area contributed by atoms with Crippen molar-refractivity contribution in [1.29, 1.82) is 0 Å². The van der Waals surface area contributed by atoms with Crippen molar-refractivity contribution in [3.63, 3.8) is 0 Å². The molecule has 0 aliphatic rings.